The number of nitro groups is 1. The molecule has 7 nitrogen and oxygen atoms in total. The summed E-state index contributed by atoms with van der Waals surface area (Å²) in [7, 11) is 5.09. The summed E-state index contributed by atoms with van der Waals surface area (Å²) < 4.78 is 0.698. The first-order valence-corrected chi connectivity index (χ1v) is 9.61. The zero-order valence-electron chi connectivity index (χ0n) is 14.2. The fourth-order valence-electron chi connectivity index (χ4n) is 2.08. The van der Waals surface area contributed by atoms with Gasteiger partial charge >= 0.3 is 29.6 Å². The number of aromatic nitrogens is 1. The Balaban J connectivity index is 0.00000243. The Labute approximate surface area is 185 Å². The molecule has 0 fully saturated rings. The number of rotatable bonds is 5. The Morgan fingerprint density at radius 3 is 2.65 bits per heavy atom. The van der Waals surface area contributed by atoms with Gasteiger partial charge in [-0.25, -0.2) is 4.98 Å². The van der Waals surface area contributed by atoms with E-state index in [2.05, 4.69) is 15.2 Å². The second-order valence-electron chi connectivity index (χ2n) is 5.24. The van der Waals surface area contributed by atoms with E-state index < -0.39 is 4.92 Å². The Hall–Kier alpha value is -1.17. The molecule has 26 heavy (non-hydrogen) atoms. The second-order valence-corrected chi connectivity index (χ2v) is 7.35. The van der Waals surface area contributed by atoms with Gasteiger partial charge in [0.15, 0.2) is 0 Å². The smallest absolute Gasteiger partial charge is 0.714 e. The molecule has 0 amide bonds. The summed E-state index contributed by atoms with van der Waals surface area (Å²) in [6.07, 6.45) is 0. The second kappa shape index (κ2) is 9.16. The van der Waals surface area contributed by atoms with Crippen LogP contribution in [0.1, 0.15) is 0 Å². The number of hydrogen-bond acceptors (Lipinski definition) is 9. The summed E-state index contributed by atoms with van der Waals surface area (Å²) in [6.45, 7) is 0. The van der Waals surface area contributed by atoms with Gasteiger partial charge in [-0.05, 0) is 24.3 Å². The van der Waals surface area contributed by atoms with E-state index in [9.17, 15) is 10.1 Å². The number of anilines is 1. The monoisotopic (exact) mass is 413 g/mol. The number of non-ortho nitro benzene ring substituents is 1. The number of fused-ring (bicyclic) bond motifs is 1. The molecule has 0 radical (unpaired) electrons. The molecule has 0 N–H and O–H groups in total. The molecule has 2 aromatic carbocycles. The molecular formula is C15H12N5NaO2S3. The van der Waals surface area contributed by atoms with Crippen LogP contribution in [0.15, 0.2) is 51.5 Å². The van der Waals surface area contributed by atoms with Crippen LogP contribution in [0.25, 0.3) is 10.2 Å². The van der Waals surface area contributed by atoms with Crippen molar-refractivity contribution in [2.75, 3.05) is 19.0 Å². The summed E-state index contributed by atoms with van der Waals surface area (Å²) in [4.78, 5) is 17.6. The summed E-state index contributed by atoms with van der Waals surface area (Å²) in [5.41, 5.74) is 2.38. The van der Waals surface area contributed by atoms with Crippen molar-refractivity contribution in [1.82, 2.24) is 4.98 Å². The molecule has 3 aromatic rings. The largest absolute Gasteiger partial charge is 1.00 e. The molecular weight excluding hydrogens is 401 g/mol. The van der Waals surface area contributed by atoms with Crippen LogP contribution in [-0.2, 0) is 11.7 Å². The molecule has 128 valence electrons. The number of hydrogen-bond donors (Lipinski definition) is 0. The van der Waals surface area contributed by atoms with E-state index in [0.29, 0.717) is 21.0 Å². The summed E-state index contributed by atoms with van der Waals surface area (Å²) in [5.74, 6) is 0. The van der Waals surface area contributed by atoms with E-state index in [0.717, 1.165) is 10.6 Å². The third kappa shape index (κ3) is 4.76. The van der Waals surface area contributed by atoms with Crippen molar-refractivity contribution in [3.8, 4) is 0 Å². The van der Waals surface area contributed by atoms with Crippen molar-refractivity contribution in [3.05, 3.63) is 46.5 Å². The van der Waals surface area contributed by atoms with E-state index in [1.807, 2.05) is 37.2 Å². The van der Waals surface area contributed by atoms with Crippen molar-refractivity contribution in [1.29, 1.82) is 0 Å². The van der Waals surface area contributed by atoms with Crippen molar-refractivity contribution < 1.29 is 34.5 Å². The first kappa shape index (κ1) is 21.1. The average molecular weight is 413 g/mol. The van der Waals surface area contributed by atoms with Crippen molar-refractivity contribution >= 4 is 66.2 Å². The molecule has 0 bridgehead atoms. The summed E-state index contributed by atoms with van der Waals surface area (Å²) in [5, 5.41) is 19.7. The van der Waals surface area contributed by atoms with Gasteiger partial charge in [0.2, 0.25) is 5.13 Å². The van der Waals surface area contributed by atoms with Crippen LogP contribution in [0.4, 0.5) is 22.2 Å². The molecule has 0 aliphatic heterocycles. The zero-order valence-corrected chi connectivity index (χ0v) is 18.7. The van der Waals surface area contributed by atoms with E-state index in [1.54, 1.807) is 6.07 Å². The van der Waals surface area contributed by atoms with E-state index in [1.165, 1.54) is 34.3 Å². The number of benzene rings is 2. The Morgan fingerprint density at radius 1 is 1.23 bits per heavy atom. The minimum Gasteiger partial charge on any atom is -0.714 e. The molecule has 3 rings (SSSR count). The number of nitro benzene ring substituents is 1. The van der Waals surface area contributed by atoms with Gasteiger partial charge in [0.05, 0.1) is 20.8 Å². The molecule has 1 heterocycles. The average Bonchev–Trinajstić information content (AvgIpc) is 3.01. The van der Waals surface area contributed by atoms with Crippen molar-refractivity contribution in [2.45, 2.75) is 4.90 Å². The van der Waals surface area contributed by atoms with Gasteiger partial charge in [-0.1, -0.05) is 11.3 Å². The molecule has 1 aromatic heterocycles. The topological polar surface area (TPSA) is 84.0 Å². The van der Waals surface area contributed by atoms with E-state index >= 15 is 0 Å². The number of thiazole rings is 1. The molecule has 0 unspecified atom stereocenters. The van der Waals surface area contributed by atoms with E-state index in [-0.39, 0.29) is 35.2 Å². The molecule has 0 spiro atoms. The number of nitrogens with zero attached hydrogens (tertiary/aromatic N) is 5. The van der Waals surface area contributed by atoms with Crippen LogP contribution in [0.3, 0.4) is 0 Å². The van der Waals surface area contributed by atoms with Gasteiger partial charge in [-0.3, -0.25) is 20.9 Å². The van der Waals surface area contributed by atoms with Crippen LogP contribution in [0.2, 0.25) is 0 Å². The Morgan fingerprint density at radius 2 is 2.00 bits per heavy atom. The SMILES string of the molecule is CN(C)c1ccc(N=Nc2nc3ccc([N+](=O)[O-])cc3s2)c(S[S-])c1.[Na+]. The molecule has 0 saturated carbocycles. The fraction of sp³-hybridized carbons (Fsp3) is 0.133. The standard InChI is InChI=1S/C15H13N5O2S3.Na/c1-19(2)9-3-6-12(14(7-9)25-23)17-18-15-16-11-5-4-10(20(21)22)8-13(11)24-15;/h3-8,23H,1-2H3;/q;+1/p-1. The zero-order chi connectivity index (χ0) is 18.0. The third-order valence-corrected chi connectivity index (χ3v) is 5.31. The first-order chi connectivity index (χ1) is 12.0. The maximum absolute atomic E-state index is 10.8. The molecule has 0 aliphatic carbocycles. The third-order valence-electron chi connectivity index (χ3n) is 3.36. The van der Waals surface area contributed by atoms with Crippen LogP contribution in [0.5, 0.6) is 0 Å². The van der Waals surface area contributed by atoms with Gasteiger partial charge < -0.3 is 16.6 Å². The van der Waals surface area contributed by atoms with Crippen molar-refractivity contribution in [3.63, 3.8) is 0 Å². The predicted octanol–water partition coefficient (Wildman–Crippen LogP) is 2.24. The Kier molecular flexibility index (Phi) is 7.44. The van der Waals surface area contributed by atoms with E-state index in [4.69, 9.17) is 11.7 Å². The minimum atomic E-state index is -0.431. The van der Waals surface area contributed by atoms with Crippen molar-refractivity contribution in [2.24, 2.45) is 10.2 Å². The predicted molar refractivity (Wildman–Crippen MR) is 104 cm³/mol. The summed E-state index contributed by atoms with van der Waals surface area (Å²) in [6, 6.07) is 10.3. The van der Waals surface area contributed by atoms with Gasteiger partial charge in [0.1, 0.15) is 0 Å². The van der Waals surface area contributed by atoms with Gasteiger partial charge in [-0.2, -0.15) is 0 Å². The van der Waals surface area contributed by atoms with Gasteiger partial charge in [-0.15, -0.1) is 10.2 Å². The normalized spacial score (nSPS) is 10.9. The van der Waals surface area contributed by atoms with Crippen LogP contribution in [-0.4, -0.2) is 24.0 Å². The molecule has 0 saturated heterocycles. The maximum Gasteiger partial charge on any atom is 1.00 e. The van der Waals surface area contributed by atoms with Gasteiger partial charge in [0.25, 0.3) is 5.69 Å². The van der Waals surface area contributed by atoms with Crippen LogP contribution < -0.4 is 34.5 Å². The number of azo groups is 1. The quantitative estimate of drug-likeness (QED) is 0.159. The Bertz CT molecular complexity index is 977. The van der Waals surface area contributed by atoms with Crippen LogP contribution in [0, 0.1) is 10.1 Å². The molecule has 11 heteroatoms. The van der Waals surface area contributed by atoms with Crippen LogP contribution >= 0.6 is 22.1 Å². The fourth-order valence-corrected chi connectivity index (χ4v) is 3.67. The first-order valence-electron chi connectivity index (χ1n) is 7.06. The van der Waals surface area contributed by atoms with Gasteiger partial charge in [0, 0.05) is 36.8 Å². The molecule has 0 atom stereocenters. The minimum absolute atomic E-state index is 0. The molecule has 0 aliphatic rings. The summed E-state index contributed by atoms with van der Waals surface area (Å²) >= 11 is 6.35. The maximum atomic E-state index is 10.8.